The first-order chi connectivity index (χ1) is 16.5. The zero-order valence-electron chi connectivity index (χ0n) is 18.9. The van der Waals surface area contributed by atoms with Crippen LogP contribution in [0, 0.1) is 23.1 Å². The number of halogens is 2. The van der Waals surface area contributed by atoms with Crippen molar-refractivity contribution in [2.75, 3.05) is 25.0 Å². The van der Waals surface area contributed by atoms with Crippen LogP contribution >= 0.6 is 11.6 Å². The van der Waals surface area contributed by atoms with Gasteiger partial charge < -0.3 is 19.5 Å². The van der Waals surface area contributed by atoms with Gasteiger partial charge in [-0.05, 0) is 55.7 Å². The molecule has 0 saturated heterocycles. The molecule has 6 nitrogen and oxygen atoms in total. The summed E-state index contributed by atoms with van der Waals surface area (Å²) in [6, 6.07) is 15.9. The maximum atomic E-state index is 13.2. The summed E-state index contributed by atoms with van der Waals surface area (Å²) in [6.07, 6.45) is 4.15. The number of hydrogen-bond donors (Lipinski definition) is 1. The Kier molecular flexibility index (Phi) is 7.39. The van der Waals surface area contributed by atoms with Crippen molar-refractivity contribution >= 4 is 23.2 Å². The minimum atomic E-state index is -0.677. The number of carbonyl (C=O) groups excluding carboxylic acids is 1. The van der Waals surface area contributed by atoms with Crippen molar-refractivity contribution in [2.24, 2.45) is 5.92 Å². The molecule has 2 atom stereocenters. The number of aromatic nitrogens is 1. The molecule has 34 heavy (non-hydrogen) atoms. The molecule has 1 amide bonds. The Morgan fingerprint density at radius 1 is 1.32 bits per heavy atom. The van der Waals surface area contributed by atoms with Gasteiger partial charge in [0.2, 0.25) is 0 Å². The van der Waals surface area contributed by atoms with Gasteiger partial charge in [-0.3, -0.25) is 4.79 Å². The second-order valence-corrected chi connectivity index (χ2v) is 8.65. The highest BCUT2D eigenvalue weighted by molar-refractivity contribution is 6.32. The van der Waals surface area contributed by atoms with Crippen molar-refractivity contribution < 1.29 is 13.9 Å². The molecule has 2 aromatic carbocycles. The van der Waals surface area contributed by atoms with E-state index in [4.69, 9.17) is 16.3 Å². The molecular formula is C26H26ClFN4O2. The minimum Gasteiger partial charge on any atom is -0.476 e. The van der Waals surface area contributed by atoms with E-state index in [9.17, 15) is 14.4 Å². The highest BCUT2D eigenvalue weighted by Gasteiger charge is 2.30. The Bertz CT molecular complexity index is 1170. The fourth-order valence-corrected chi connectivity index (χ4v) is 4.32. The fourth-order valence-electron chi connectivity index (χ4n) is 4.06. The van der Waals surface area contributed by atoms with E-state index in [1.165, 1.54) is 12.1 Å². The zero-order chi connectivity index (χ0) is 24.1. The molecule has 1 N–H and O–H groups in total. The molecule has 2 heterocycles. The summed E-state index contributed by atoms with van der Waals surface area (Å²) < 4.78 is 21.1. The van der Waals surface area contributed by atoms with Gasteiger partial charge in [-0.2, -0.15) is 5.26 Å². The third-order valence-corrected chi connectivity index (χ3v) is 6.28. The molecule has 1 aliphatic rings. The van der Waals surface area contributed by atoms with Crippen molar-refractivity contribution in [3.63, 3.8) is 0 Å². The van der Waals surface area contributed by atoms with Crippen molar-refractivity contribution in [1.29, 1.82) is 5.26 Å². The van der Waals surface area contributed by atoms with Gasteiger partial charge in [-0.15, -0.1) is 0 Å². The van der Waals surface area contributed by atoms with Crippen molar-refractivity contribution in [3.8, 4) is 17.5 Å². The molecule has 1 aliphatic heterocycles. The maximum absolute atomic E-state index is 13.2. The number of nitriles is 1. The van der Waals surface area contributed by atoms with Gasteiger partial charge in [0.05, 0.1) is 34.9 Å². The largest absolute Gasteiger partial charge is 0.476 e. The first kappa shape index (κ1) is 23.7. The Labute approximate surface area is 203 Å². The van der Waals surface area contributed by atoms with Gasteiger partial charge in [-0.1, -0.05) is 23.7 Å². The van der Waals surface area contributed by atoms with Crippen LogP contribution in [-0.4, -0.2) is 41.1 Å². The Hall–Kier alpha value is -3.50. The monoisotopic (exact) mass is 480 g/mol. The summed E-state index contributed by atoms with van der Waals surface area (Å²) in [5, 5.41) is 13.4. The Morgan fingerprint density at radius 2 is 2.06 bits per heavy atom. The van der Waals surface area contributed by atoms with Crippen molar-refractivity contribution in [3.05, 3.63) is 77.3 Å². The quantitative estimate of drug-likeness (QED) is 0.489. The van der Waals surface area contributed by atoms with Gasteiger partial charge in [0.1, 0.15) is 11.6 Å². The summed E-state index contributed by atoms with van der Waals surface area (Å²) in [4.78, 5) is 14.9. The number of carbonyl (C=O) groups is 1. The molecule has 0 saturated carbocycles. The number of anilines is 1. The molecule has 2 unspecified atom stereocenters. The molecule has 0 spiro atoms. The maximum Gasteiger partial charge on any atom is 0.265 e. The predicted molar refractivity (Wildman–Crippen MR) is 130 cm³/mol. The molecule has 0 bridgehead atoms. The van der Waals surface area contributed by atoms with E-state index in [1.54, 1.807) is 23.1 Å². The van der Waals surface area contributed by atoms with E-state index in [-0.39, 0.29) is 17.6 Å². The second-order valence-electron chi connectivity index (χ2n) is 8.24. The minimum absolute atomic E-state index is 0.128. The van der Waals surface area contributed by atoms with Crippen LogP contribution in [-0.2, 0) is 11.2 Å². The SMILES string of the molecule is CCN(CCC(C#N)Cc1ccc(F)cc1)C(=O)C1CNc2cc(Cl)c(-n3cccc3)cc2O1. The molecule has 0 fully saturated rings. The third kappa shape index (κ3) is 5.35. The second kappa shape index (κ2) is 10.6. The number of ether oxygens (including phenoxy) is 1. The lowest BCUT2D eigenvalue weighted by Gasteiger charge is -2.31. The average Bonchev–Trinajstić information content (AvgIpc) is 3.38. The van der Waals surface area contributed by atoms with Crippen LogP contribution in [0.2, 0.25) is 5.02 Å². The fraction of sp³-hybridized carbons (Fsp3) is 0.308. The number of amides is 1. The number of fused-ring (bicyclic) bond motifs is 1. The van der Waals surface area contributed by atoms with Crippen molar-refractivity contribution in [2.45, 2.75) is 25.9 Å². The molecule has 3 aromatic rings. The molecule has 0 radical (unpaired) electrons. The summed E-state index contributed by atoms with van der Waals surface area (Å²) in [5.41, 5.74) is 2.41. The van der Waals surface area contributed by atoms with Crippen LogP contribution in [0.1, 0.15) is 18.9 Å². The topological polar surface area (TPSA) is 70.3 Å². The first-order valence-corrected chi connectivity index (χ1v) is 11.7. The number of rotatable bonds is 8. The summed E-state index contributed by atoms with van der Waals surface area (Å²) >= 11 is 6.44. The van der Waals surface area contributed by atoms with E-state index < -0.39 is 6.10 Å². The lowest BCUT2D eigenvalue weighted by Crippen LogP contribution is -2.47. The van der Waals surface area contributed by atoms with E-state index in [0.717, 1.165) is 16.9 Å². The Morgan fingerprint density at radius 3 is 2.74 bits per heavy atom. The summed E-state index contributed by atoms with van der Waals surface area (Å²) in [6.45, 7) is 3.19. The number of hydrogen-bond acceptors (Lipinski definition) is 4. The number of nitrogens with one attached hydrogen (secondary N) is 1. The van der Waals surface area contributed by atoms with Gasteiger partial charge in [-0.25, -0.2) is 4.39 Å². The third-order valence-electron chi connectivity index (χ3n) is 5.97. The van der Waals surface area contributed by atoms with Crippen LogP contribution in [0.4, 0.5) is 10.1 Å². The Balaban J connectivity index is 1.40. The van der Waals surface area contributed by atoms with Crippen molar-refractivity contribution in [1.82, 2.24) is 9.47 Å². The molecule has 8 heteroatoms. The average molecular weight is 481 g/mol. The number of benzene rings is 2. The standard InChI is InChI=1S/C26H26ClFN4O2/c1-2-31(12-9-19(16-29)13-18-5-7-20(28)8-6-18)26(33)25-17-30-22-14-21(27)23(15-24(22)34-25)32-10-3-4-11-32/h3-8,10-11,14-15,19,25,30H,2,9,12-13,17H2,1H3. The van der Waals surface area contributed by atoms with Gasteiger partial charge in [0.15, 0.2) is 6.10 Å². The normalized spacial score (nSPS) is 15.4. The predicted octanol–water partition coefficient (Wildman–Crippen LogP) is 5.06. The van der Waals surface area contributed by atoms with Crippen LogP contribution in [0.5, 0.6) is 5.75 Å². The molecular weight excluding hydrogens is 455 g/mol. The van der Waals surface area contributed by atoms with Crippen LogP contribution in [0.15, 0.2) is 60.9 Å². The molecule has 4 rings (SSSR count). The molecule has 0 aliphatic carbocycles. The van der Waals surface area contributed by atoms with Crippen LogP contribution < -0.4 is 10.1 Å². The lowest BCUT2D eigenvalue weighted by atomic mass is 9.97. The molecule has 176 valence electrons. The number of nitrogens with zero attached hydrogens (tertiary/aromatic N) is 3. The number of likely N-dealkylation sites (N-methyl/N-ethyl adjacent to an activating group) is 1. The van der Waals surface area contributed by atoms with Gasteiger partial charge >= 0.3 is 0 Å². The smallest absolute Gasteiger partial charge is 0.265 e. The van der Waals surface area contributed by atoms with E-state index in [0.29, 0.717) is 43.2 Å². The zero-order valence-corrected chi connectivity index (χ0v) is 19.6. The summed E-state index contributed by atoms with van der Waals surface area (Å²) in [5.74, 6) is -0.133. The van der Waals surface area contributed by atoms with E-state index in [2.05, 4.69) is 11.4 Å². The van der Waals surface area contributed by atoms with Gasteiger partial charge in [0.25, 0.3) is 5.91 Å². The van der Waals surface area contributed by atoms with Crippen LogP contribution in [0.25, 0.3) is 5.69 Å². The lowest BCUT2D eigenvalue weighted by molar-refractivity contribution is -0.138. The van der Waals surface area contributed by atoms with E-state index >= 15 is 0 Å². The highest BCUT2D eigenvalue weighted by Crippen LogP contribution is 2.36. The van der Waals surface area contributed by atoms with E-state index in [1.807, 2.05) is 42.1 Å². The first-order valence-electron chi connectivity index (χ1n) is 11.3. The van der Waals surface area contributed by atoms with Gasteiger partial charge in [0, 0.05) is 31.5 Å². The molecule has 1 aromatic heterocycles. The summed E-state index contributed by atoms with van der Waals surface area (Å²) in [7, 11) is 0. The highest BCUT2D eigenvalue weighted by atomic mass is 35.5. The van der Waals surface area contributed by atoms with Crippen LogP contribution in [0.3, 0.4) is 0 Å².